The van der Waals surface area contributed by atoms with Crippen LogP contribution in [0.4, 0.5) is 5.69 Å². The van der Waals surface area contributed by atoms with E-state index < -0.39 is 6.10 Å². The minimum Gasteiger partial charge on any atom is -0.399 e. The van der Waals surface area contributed by atoms with Crippen molar-refractivity contribution in [1.82, 2.24) is 0 Å². The number of rotatable bonds is 6. The maximum absolute atomic E-state index is 9.70. The standard InChI is InChI=1S/C11H17NO3/c1-14-6-7-15-8-11(13)9-2-4-10(12)5-3-9/h2-5,11,13H,6-8,12H2,1H3. The third-order valence-electron chi connectivity index (χ3n) is 2.03. The number of ether oxygens (including phenoxy) is 2. The summed E-state index contributed by atoms with van der Waals surface area (Å²) >= 11 is 0. The Labute approximate surface area is 89.6 Å². The van der Waals surface area contributed by atoms with Crippen LogP contribution >= 0.6 is 0 Å². The summed E-state index contributed by atoms with van der Waals surface area (Å²) in [4.78, 5) is 0. The van der Waals surface area contributed by atoms with Gasteiger partial charge in [0.25, 0.3) is 0 Å². The Balaban J connectivity index is 2.33. The first-order chi connectivity index (χ1) is 7.24. The Kier molecular flexibility index (Phi) is 5.10. The molecule has 0 amide bonds. The fourth-order valence-corrected chi connectivity index (χ4v) is 1.15. The lowest BCUT2D eigenvalue weighted by Gasteiger charge is -2.11. The molecule has 0 aromatic heterocycles. The first-order valence-electron chi connectivity index (χ1n) is 4.84. The lowest BCUT2D eigenvalue weighted by Crippen LogP contribution is -2.10. The van der Waals surface area contributed by atoms with Crippen LogP contribution in [-0.2, 0) is 9.47 Å². The predicted molar refractivity (Wildman–Crippen MR) is 58.5 cm³/mol. The molecule has 84 valence electrons. The van der Waals surface area contributed by atoms with Crippen molar-refractivity contribution in [3.05, 3.63) is 29.8 Å². The zero-order valence-electron chi connectivity index (χ0n) is 8.85. The molecular formula is C11H17NO3. The molecule has 1 rings (SSSR count). The first kappa shape index (κ1) is 12.0. The van der Waals surface area contributed by atoms with E-state index >= 15 is 0 Å². The molecule has 1 aromatic carbocycles. The van der Waals surface area contributed by atoms with Crippen LogP contribution in [0.1, 0.15) is 11.7 Å². The number of methoxy groups -OCH3 is 1. The smallest absolute Gasteiger partial charge is 0.102 e. The topological polar surface area (TPSA) is 64.7 Å². The maximum Gasteiger partial charge on any atom is 0.102 e. The van der Waals surface area contributed by atoms with Gasteiger partial charge in [-0.1, -0.05) is 12.1 Å². The van der Waals surface area contributed by atoms with Crippen LogP contribution in [0, 0.1) is 0 Å². The monoisotopic (exact) mass is 211 g/mol. The highest BCUT2D eigenvalue weighted by molar-refractivity contribution is 5.39. The molecule has 0 radical (unpaired) electrons. The third kappa shape index (κ3) is 4.29. The van der Waals surface area contributed by atoms with E-state index in [1.165, 1.54) is 0 Å². The molecule has 0 saturated heterocycles. The molecule has 1 atom stereocenters. The van der Waals surface area contributed by atoms with Crippen molar-refractivity contribution < 1.29 is 14.6 Å². The van der Waals surface area contributed by atoms with E-state index in [4.69, 9.17) is 15.2 Å². The van der Waals surface area contributed by atoms with Crippen LogP contribution in [-0.4, -0.2) is 32.0 Å². The van der Waals surface area contributed by atoms with Crippen LogP contribution in [0.5, 0.6) is 0 Å². The number of aliphatic hydroxyl groups excluding tert-OH is 1. The minimum absolute atomic E-state index is 0.271. The van der Waals surface area contributed by atoms with Crippen molar-refractivity contribution in [2.75, 3.05) is 32.7 Å². The van der Waals surface area contributed by atoms with Gasteiger partial charge in [-0.3, -0.25) is 0 Å². The Morgan fingerprint density at radius 1 is 1.27 bits per heavy atom. The van der Waals surface area contributed by atoms with Crippen LogP contribution in [0.25, 0.3) is 0 Å². The maximum atomic E-state index is 9.70. The van der Waals surface area contributed by atoms with E-state index in [0.29, 0.717) is 18.9 Å². The lowest BCUT2D eigenvalue weighted by atomic mass is 10.1. The van der Waals surface area contributed by atoms with Crippen molar-refractivity contribution in [1.29, 1.82) is 0 Å². The molecule has 1 unspecified atom stereocenters. The molecule has 0 fully saturated rings. The Bertz CT molecular complexity index is 274. The van der Waals surface area contributed by atoms with Gasteiger partial charge in [0, 0.05) is 12.8 Å². The van der Waals surface area contributed by atoms with Crippen LogP contribution < -0.4 is 5.73 Å². The summed E-state index contributed by atoms with van der Waals surface area (Å²) < 4.78 is 10.0. The molecule has 0 spiro atoms. The number of hydrogen-bond acceptors (Lipinski definition) is 4. The molecule has 15 heavy (non-hydrogen) atoms. The molecule has 4 heteroatoms. The normalized spacial score (nSPS) is 12.7. The SMILES string of the molecule is COCCOCC(O)c1ccc(N)cc1. The molecule has 4 nitrogen and oxygen atoms in total. The molecular weight excluding hydrogens is 194 g/mol. The second kappa shape index (κ2) is 6.40. The highest BCUT2D eigenvalue weighted by Crippen LogP contribution is 2.14. The van der Waals surface area contributed by atoms with Gasteiger partial charge in [0.15, 0.2) is 0 Å². The average molecular weight is 211 g/mol. The predicted octanol–water partition coefficient (Wildman–Crippen LogP) is 0.965. The summed E-state index contributed by atoms with van der Waals surface area (Å²) in [6.07, 6.45) is -0.609. The van der Waals surface area contributed by atoms with E-state index in [1.54, 1.807) is 31.4 Å². The average Bonchev–Trinajstić information content (AvgIpc) is 2.25. The van der Waals surface area contributed by atoms with E-state index in [9.17, 15) is 5.11 Å². The quantitative estimate of drug-likeness (QED) is 0.543. The summed E-state index contributed by atoms with van der Waals surface area (Å²) in [5.41, 5.74) is 7.03. The Morgan fingerprint density at radius 2 is 1.93 bits per heavy atom. The van der Waals surface area contributed by atoms with Crippen LogP contribution in [0.3, 0.4) is 0 Å². The second-order valence-corrected chi connectivity index (χ2v) is 3.25. The van der Waals surface area contributed by atoms with Crippen LogP contribution in [0.15, 0.2) is 24.3 Å². The van der Waals surface area contributed by atoms with Crippen LogP contribution in [0.2, 0.25) is 0 Å². The summed E-state index contributed by atoms with van der Waals surface area (Å²) in [6.45, 7) is 1.30. The minimum atomic E-state index is -0.609. The highest BCUT2D eigenvalue weighted by Gasteiger charge is 2.06. The summed E-state index contributed by atoms with van der Waals surface area (Å²) in [6, 6.07) is 7.10. The van der Waals surface area contributed by atoms with Gasteiger partial charge in [-0.25, -0.2) is 0 Å². The van der Waals surface area contributed by atoms with Crippen molar-refractivity contribution in [3.8, 4) is 0 Å². The van der Waals surface area contributed by atoms with Crippen molar-refractivity contribution in [3.63, 3.8) is 0 Å². The van der Waals surface area contributed by atoms with Gasteiger partial charge in [0.2, 0.25) is 0 Å². The molecule has 0 bridgehead atoms. The Morgan fingerprint density at radius 3 is 2.53 bits per heavy atom. The van der Waals surface area contributed by atoms with E-state index in [2.05, 4.69) is 0 Å². The molecule has 0 aliphatic rings. The molecule has 0 saturated carbocycles. The fourth-order valence-electron chi connectivity index (χ4n) is 1.15. The van der Waals surface area contributed by atoms with Gasteiger partial charge in [-0.15, -0.1) is 0 Å². The van der Waals surface area contributed by atoms with Gasteiger partial charge in [0.05, 0.1) is 19.8 Å². The molecule has 3 N–H and O–H groups in total. The number of aliphatic hydroxyl groups is 1. The molecule has 0 aliphatic heterocycles. The molecule has 0 heterocycles. The Hall–Kier alpha value is -1.10. The number of anilines is 1. The van der Waals surface area contributed by atoms with Gasteiger partial charge in [-0.05, 0) is 17.7 Å². The van der Waals surface area contributed by atoms with Gasteiger partial charge in [0.1, 0.15) is 6.10 Å². The second-order valence-electron chi connectivity index (χ2n) is 3.25. The zero-order valence-corrected chi connectivity index (χ0v) is 8.85. The third-order valence-corrected chi connectivity index (χ3v) is 2.03. The summed E-state index contributed by atoms with van der Waals surface area (Å²) in [5.74, 6) is 0. The van der Waals surface area contributed by atoms with E-state index in [0.717, 1.165) is 5.56 Å². The largest absolute Gasteiger partial charge is 0.399 e. The number of benzene rings is 1. The summed E-state index contributed by atoms with van der Waals surface area (Å²) in [7, 11) is 1.61. The molecule has 1 aromatic rings. The van der Waals surface area contributed by atoms with Crippen molar-refractivity contribution in [2.45, 2.75) is 6.10 Å². The van der Waals surface area contributed by atoms with Crippen molar-refractivity contribution in [2.24, 2.45) is 0 Å². The van der Waals surface area contributed by atoms with Crippen molar-refractivity contribution >= 4 is 5.69 Å². The summed E-state index contributed by atoms with van der Waals surface area (Å²) in [5, 5.41) is 9.70. The molecule has 0 aliphatic carbocycles. The first-order valence-corrected chi connectivity index (χ1v) is 4.84. The van der Waals surface area contributed by atoms with E-state index in [1.807, 2.05) is 0 Å². The lowest BCUT2D eigenvalue weighted by molar-refractivity contribution is 0.0126. The van der Waals surface area contributed by atoms with Gasteiger partial charge < -0.3 is 20.3 Å². The van der Waals surface area contributed by atoms with Gasteiger partial charge in [-0.2, -0.15) is 0 Å². The fraction of sp³-hybridized carbons (Fsp3) is 0.455. The number of nitrogen functional groups attached to an aromatic ring is 1. The number of nitrogens with two attached hydrogens (primary N) is 1. The number of hydrogen-bond donors (Lipinski definition) is 2. The van der Waals surface area contributed by atoms with E-state index in [-0.39, 0.29) is 6.61 Å². The zero-order chi connectivity index (χ0) is 11.1. The highest BCUT2D eigenvalue weighted by atomic mass is 16.5. The van der Waals surface area contributed by atoms with Gasteiger partial charge >= 0.3 is 0 Å².